The summed E-state index contributed by atoms with van der Waals surface area (Å²) in [4.78, 5) is 11.5. The molecular formula is C13H28N2O. The second kappa shape index (κ2) is 8.57. The van der Waals surface area contributed by atoms with Crippen molar-refractivity contribution in [2.45, 2.75) is 53.5 Å². The zero-order chi connectivity index (χ0) is 12.6. The molecule has 1 atom stereocenters. The molecule has 0 aromatic carbocycles. The molecule has 0 bridgehead atoms. The summed E-state index contributed by atoms with van der Waals surface area (Å²) < 4.78 is 0. The van der Waals surface area contributed by atoms with Gasteiger partial charge in [-0.3, -0.25) is 4.79 Å². The molecule has 3 nitrogen and oxygen atoms in total. The first kappa shape index (κ1) is 15.4. The molecule has 96 valence electrons. The number of rotatable bonds is 8. The summed E-state index contributed by atoms with van der Waals surface area (Å²) >= 11 is 0. The van der Waals surface area contributed by atoms with Gasteiger partial charge in [-0.15, -0.1) is 0 Å². The molecule has 0 aromatic heterocycles. The van der Waals surface area contributed by atoms with Crippen LogP contribution in [0.15, 0.2) is 0 Å². The van der Waals surface area contributed by atoms with Crippen LogP contribution in [0.3, 0.4) is 0 Å². The van der Waals surface area contributed by atoms with Crippen molar-refractivity contribution in [1.29, 1.82) is 0 Å². The molecule has 1 unspecified atom stereocenters. The van der Waals surface area contributed by atoms with E-state index in [1.807, 2.05) is 0 Å². The number of hydrogen-bond acceptors (Lipinski definition) is 2. The Morgan fingerprint density at radius 1 is 1.12 bits per heavy atom. The monoisotopic (exact) mass is 228 g/mol. The number of nitrogens with one attached hydrogen (secondary N) is 2. The number of amides is 1. The van der Waals surface area contributed by atoms with Crippen molar-refractivity contribution in [2.75, 3.05) is 13.1 Å². The first-order valence-corrected chi connectivity index (χ1v) is 6.51. The van der Waals surface area contributed by atoms with Crippen LogP contribution in [0.4, 0.5) is 0 Å². The predicted octanol–water partition coefficient (Wildman–Crippen LogP) is 2.17. The van der Waals surface area contributed by atoms with Gasteiger partial charge < -0.3 is 10.6 Å². The Kier molecular flexibility index (Phi) is 8.26. The van der Waals surface area contributed by atoms with Gasteiger partial charge in [0.25, 0.3) is 0 Å². The van der Waals surface area contributed by atoms with Crippen molar-refractivity contribution >= 4 is 5.91 Å². The molecule has 0 fully saturated rings. The zero-order valence-corrected chi connectivity index (χ0v) is 11.5. The molecule has 16 heavy (non-hydrogen) atoms. The molecule has 3 heteroatoms. The minimum atomic E-state index is 0.103. The first-order chi connectivity index (χ1) is 7.51. The van der Waals surface area contributed by atoms with Crippen LogP contribution in [-0.4, -0.2) is 25.0 Å². The summed E-state index contributed by atoms with van der Waals surface area (Å²) in [7, 11) is 0. The third-order valence-electron chi connectivity index (χ3n) is 3.05. The van der Waals surface area contributed by atoms with Crippen LogP contribution in [0.5, 0.6) is 0 Å². The molecular weight excluding hydrogens is 200 g/mol. The molecule has 2 N–H and O–H groups in total. The number of carbonyl (C=O) groups excluding carboxylic acids is 1. The Hall–Kier alpha value is -0.570. The molecule has 1 amide bonds. The Morgan fingerprint density at radius 2 is 1.69 bits per heavy atom. The van der Waals surface area contributed by atoms with Crippen molar-refractivity contribution < 1.29 is 4.79 Å². The Labute approximate surface area is 100 Å². The van der Waals surface area contributed by atoms with Crippen molar-refractivity contribution in [2.24, 2.45) is 11.8 Å². The van der Waals surface area contributed by atoms with E-state index >= 15 is 0 Å². The second-order valence-electron chi connectivity index (χ2n) is 4.94. The molecule has 0 saturated carbocycles. The highest BCUT2D eigenvalue weighted by atomic mass is 16.1. The molecule has 0 radical (unpaired) electrons. The quantitative estimate of drug-likeness (QED) is 0.668. The van der Waals surface area contributed by atoms with E-state index < -0.39 is 0 Å². The van der Waals surface area contributed by atoms with Crippen molar-refractivity contribution in [3.8, 4) is 0 Å². The lowest BCUT2D eigenvalue weighted by atomic mass is 9.95. The van der Waals surface area contributed by atoms with Crippen LogP contribution in [0.2, 0.25) is 0 Å². The summed E-state index contributed by atoms with van der Waals surface area (Å²) in [5, 5.41) is 6.21. The largest absolute Gasteiger partial charge is 0.355 e. The Balaban J connectivity index is 3.73. The fourth-order valence-electron chi connectivity index (χ4n) is 1.80. The summed E-state index contributed by atoms with van der Waals surface area (Å²) in [5.41, 5.74) is 0. The van der Waals surface area contributed by atoms with Crippen LogP contribution in [0, 0.1) is 11.8 Å². The molecule has 0 spiro atoms. The normalized spacial score (nSPS) is 13.2. The lowest BCUT2D eigenvalue weighted by molar-refractivity contribution is -0.120. The van der Waals surface area contributed by atoms with Gasteiger partial charge in [-0.1, -0.05) is 40.5 Å². The highest BCUT2D eigenvalue weighted by Gasteiger charge is 2.13. The fourth-order valence-corrected chi connectivity index (χ4v) is 1.80. The minimum Gasteiger partial charge on any atom is -0.355 e. The van der Waals surface area contributed by atoms with E-state index in [-0.39, 0.29) is 5.91 Å². The summed E-state index contributed by atoms with van der Waals surface area (Å²) in [5.74, 6) is 1.28. The van der Waals surface area contributed by atoms with E-state index in [1.165, 1.54) is 0 Å². The highest BCUT2D eigenvalue weighted by Crippen LogP contribution is 2.11. The molecule has 0 saturated heterocycles. The third-order valence-corrected chi connectivity index (χ3v) is 3.05. The average molecular weight is 228 g/mol. The molecule has 0 aliphatic rings. The SMILES string of the molecule is CCC(CC)C(C)NCC(=O)NCC(C)C. The summed E-state index contributed by atoms with van der Waals surface area (Å²) in [6, 6.07) is 0.416. The van der Waals surface area contributed by atoms with Crippen LogP contribution in [0.25, 0.3) is 0 Å². The van der Waals surface area contributed by atoms with E-state index in [9.17, 15) is 4.79 Å². The standard InChI is InChI=1S/C13H28N2O/c1-6-12(7-2)11(5)14-9-13(16)15-8-10(3)4/h10-12,14H,6-9H2,1-5H3,(H,15,16). The van der Waals surface area contributed by atoms with Crippen molar-refractivity contribution in [1.82, 2.24) is 10.6 Å². The van der Waals surface area contributed by atoms with Crippen LogP contribution in [0.1, 0.15) is 47.5 Å². The van der Waals surface area contributed by atoms with Gasteiger partial charge in [0, 0.05) is 12.6 Å². The zero-order valence-electron chi connectivity index (χ0n) is 11.5. The van der Waals surface area contributed by atoms with Crippen LogP contribution >= 0.6 is 0 Å². The highest BCUT2D eigenvalue weighted by molar-refractivity contribution is 5.77. The molecule has 0 aliphatic carbocycles. The smallest absolute Gasteiger partial charge is 0.233 e. The van der Waals surface area contributed by atoms with Crippen molar-refractivity contribution in [3.05, 3.63) is 0 Å². The first-order valence-electron chi connectivity index (χ1n) is 6.51. The summed E-state index contributed by atoms with van der Waals surface area (Å²) in [6.07, 6.45) is 2.33. The average Bonchev–Trinajstić information content (AvgIpc) is 2.25. The van der Waals surface area contributed by atoms with Gasteiger partial charge >= 0.3 is 0 Å². The maximum Gasteiger partial charge on any atom is 0.233 e. The van der Waals surface area contributed by atoms with Gasteiger partial charge in [0.05, 0.1) is 6.54 Å². The summed E-state index contributed by atoms with van der Waals surface area (Å²) in [6.45, 7) is 12.0. The fraction of sp³-hybridized carbons (Fsp3) is 0.923. The van der Waals surface area contributed by atoms with Gasteiger partial charge in [0.1, 0.15) is 0 Å². The van der Waals surface area contributed by atoms with Gasteiger partial charge in [0.2, 0.25) is 5.91 Å². The number of hydrogen-bond donors (Lipinski definition) is 2. The van der Waals surface area contributed by atoms with E-state index in [0.717, 1.165) is 19.4 Å². The van der Waals surface area contributed by atoms with Crippen LogP contribution in [-0.2, 0) is 4.79 Å². The molecule has 0 rings (SSSR count). The predicted molar refractivity (Wildman–Crippen MR) is 69.4 cm³/mol. The Morgan fingerprint density at radius 3 is 2.12 bits per heavy atom. The lowest BCUT2D eigenvalue weighted by Crippen LogP contribution is -2.41. The van der Waals surface area contributed by atoms with Gasteiger partial charge in [-0.05, 0) is 18.8 Å². The van der Waals surface area contributed by atoms with E-state index in [1.54, 1.807) is 0 Å². The van der Waals surface area contributed by atoms with Gasteiger partial charge in [-0.25, -0.2) is 0 Å². The minimum absolute atomic E-state index is 0.103. The molecule has 0 heterocycles. The van der Waals surface area contributed by atoms with E-state index in [0.29, 0.717) is 24.4 Å². The third kappa shape index (κ3) is 6.83. The maximum atomic E-state index is 11.5. The molecule has 0 aromatic rings. The number of carbonyl (C=O) groups is 1. The van der Waals surface area contributed by atoms with Gasteiger partial charge in [0.15, 0.2) is 0 Å². The molecule has 0 aliphatic heterocycles. The van der Waals surface area contributed by atoms with Crippen molar-refractivity contribution in [3.63, 3.8) is 0 Å². The van der Waals surface area contributed by atoms with E-state index in [2.05, 4.69) is 45.3 Å². The second-order valence-corrected chi connectivity index (χ2v) is 4.94. The van der Waals surface area contributed by atoms with Gasteiger partial charge in [-0.2, -0.15) is 0 Å². The maximum absolute atomic E-state index is 11.5. The lowest BCUT2D eigenvalue weighted by Gasteiger charge is -2.22. The topological polar surface area (TPSA) is 41.1 Å². The van der Waals surface area contributed by atoms with E-state index in [4.69, 9.17) is 0 Å². The van der Waals surface area contributed by atoms with Crippen LogP contribution < -0.4 is 10.6 Å². The Bertz CT molecular complexity index is 188.